The van der Waals surface area contributed by atoms with Crippen LogP contribution in [-0.4, -0.2) is 53.0 Å². The van der Waals surface area contributed by atoms with E-state index in [4.69, 9.17) is 39.8 Å². The summed E-state index contributed by atoms with van der Waals surface area (Å²) in [6.07, 6.45) is 8.08. The number of halogens is 4. The maximum Gasteiger partial charge on any atom is 0.259 e. The van der Waals surface area contributed by atoms with Gasteiger partial charge in [-0.25, -0.2) is 9.97 Å². The number of nitrogens with one attached hydrogen (secondary N) is 1. The molecule has 1 amide bonds. The van der Waals surface area contributed by atoms with Crippen molar-refractivity contribution in [2.24, 2.45) is 0 Å². The van der Waals surface area contributed by atoms with Gasteiger partial charge in [0.15, 0.2) is 5.13 Å². The van der Waals surface area contributed by atoms with Crippen LogP contribution in [0.15, 0.2) is 22.1 Å². The number of hydrogen-bond acceptors (Lipinski definition) is 7. The van der Waals surface area contributed by atoms with Crippen LogP contribution in [0.1, 0.15) is 42.5 Å². The Morgan fingerprint density at radius 1 is 1.03 bits per heavy atom. The quantitative estimate of drug-likeness (QED) is 0.291. The first-order valence-corrected chi connectivity index (χ1v) is 15.0. The summed E-state index contributed by atoms with van der Waals surface area (Å²) in [5.74, 6) is -0.338. The Kier molecular flexibility index (Phi) is 8.23. The van der Waals surface area contributed by atoms with E-state index in [-0.39, 0.29) is 16.1 Å². The summed E-state index contributed by atoms with van der Waals surface area (Å²) in [4.78, 5) is 27.6. The Labute approximate surface area is 235 Å². The van der Waals surface area contributed by atoms with E-state index in [1.54, 1.807) is 0 Å². The first-order valence-electron chi connectivity index (χ1n) is 11.5. The fraction of sp³-hybridized carbons (Fsp3) is 0.435. The number of carbonyl (C=O) groups is 1. The van der Waals surface area contributed by atoms with Gasteiger partial charge in [-0.1, -0.05) is 65.4 Å². The highest BCUT2D eigenvalue weighted by Gasteiger charge is 2.29. The van der Waals surface area contributed by atoms with Crippen LogP contribution in [0.25, 0.3) is 10.6 Å². The molecular formula is C23H23BrCl3N5OS2. The minimum absolute atomic E-state index is 0.162. The van der Waals surface area contributed by atoms with Gasteiger partial charge in [0.25, 0.3) is 5.91 Å². The highest BCUT2D eigenvalue weighted by molar-refractivity contribution is 9.11. The number of rotatable bonds is 5. The molecule has 35 heavy (non-hydrogen) atoms. The van der Waals surface area contributed by atoms with Gasteiger partial charge < -0.3 is 4.90 Å². The van der Waals surface area contributed by atoms with Gasteiger partial charge in [-0.15, -0.1) is 11.3 Å². The number of thiophene rings is 1. The first kappa shape index (κ1) is 25.7. The standard InChI is InChI=1S/C23H23BrCl3N5OS2/c24-19-15(25)11-17(34-19)18-22(32-8-6-31(7-9-32)14-4-2-1-3-5-14)35-23(29-18)30-21(33)13-10-16(26)20(27)28-12-13/h10-12,14H,1-9H2,(H,29,30,33). The third-order valence-electron chi connectivity index (χ3n) is 6.46. The second-order valence-electron chi connectivity index (χ2n) is 8.67. The third kappa shape index (κ3) is 5.81. The van der Waals surface area contributed by atoms with Crippen LogP contribution in [-0.2, 0) is 0 Å². The van der Waals surface area contributed by atoms with Crippen molar-refractivity contribution < 1.29 is 4.79 Å². The van der Waals surface area contributed by atoms with Crippen molar-refractivity contribution in [1.29, 1.82) is 0 Å². The summed E-state index contributed by atoms with van der Waals surface area (Å²) < 4.78 is 0.864. The molecule has 186 valence electrons. The molecule has 1 saturated carbocycles. The van der Waals surface area contributed by atoms with Crippen molar-refractivity contribution in [3.63, 3.8) is 0 Å². The molecule has 1 N–H and O–H groups in total. The lowest BCUT2D eigenvalue weighted by Crippen LogP contribution is -2.50. The van der Waals surface area contributed by atoms with Crippen LogP contribution in [0.4, 0.5) is 10.1 Å². The zero-order chi connectivity index (χ0) is 24.5. The number of aromatic nitrogens is 2. The molecule has 12 heteroatoms. The van der Waals surface area contributed by atoms with Crippen molar-refractivity contribution in [3.8, 4) is 10.6 Å². The van der Waals surface area contributed by atoms with Crippen molar-refractivity contribution in [1.82, 2.24) is 14.9 Å². The second-order valence-corrected chi connectivity index (χ2v) is 13.2. The average Bonchev–Trinajstić information content (AvgIpc) is 3.44. The largest absolute Gasteiger partial charge is 0.359 e. The number of pyridine rings is 1. The number of thiazole rings is 1. The number of nitrogens with zero attached hydrogens (tertiary/aromatic N) is 4. The lowest BCUT2D eigenvalue weighted by molar-refractivity contribution is 0.102. The fourth-order valence-corrected chi connectivity index (χ4v) is 7.71. The van der Waals surface area contributed by atoms with Crippen LogP contribution in [0.3, 0.4) is 0 Å². The maximum atomic E-state index is 12.9. The second kappa shape index (κ2) is 11.2. The molecule has 3 aromatic heterocycles. The topological polar surface area (TPSA) is 61.4 Å². The first-order chi connectivity index (χ1) is 16.9. The van der Waals surface area contributed by atoms with Gasteiger partial charge in [0.05, 0.1) is 24.3 Å². The molecule has 1 aliphatic heterocycles. The SMILES string of the molecule is O=C(Nc1nc(-c2cc(Cl)c(Br)s2)c(N2CCN(C3CCCCC3)CC2)s1)c1cnc(Cl)c(Cl)c1. The van der Waals surface area contributed by atoms with Crippen LogP contribution >= 0.6 is 73.4 Å². The van der Waals surface area contributed by atoms with Gasteiger partial charge in [0.2, 0.25) is 0 Å². The highest BCUT2D eigenvalue weighted by atomic mass is 79.9. The molecule has 4 heterocycles. The van der Waals surface area contributed by atoms with Crippen molar-refractivity contribution >= 4 is 89.4 Å². The predicted octanol–water partition coefficient (Wildman–Crippen LogP) is 7.70. The Morgan fingerprint density at radius 2 is 1.77 bits per heavy atom. The summed E-state index contributed by atoms with van der Waals surface area (Å²) in [6.45, 7) is 3.92. The van der Waals surface area contributed by atoms with Crippen LogP contribution in [0.5, 0.6) is 0 Å². The van der Waals surface area contributed by atoms with E-state index in [1.807, 2.05) is 6.07 Å². The van der Waals surface area contributed by atoms with E-state index in [2.05, 4.69) is 36.0 Å². The summed E-state index contributed by atoms with van der Waals surface area (Å²) >= 11 is 24.8. The Morgan fingerprint density at radius 3 is 2.43 bits per heavy atom. The summed E-state index contributed by atoms with van der Waals surface area (Å²) in [5.41, 5.74) is 1.15. The molecule has 6 nitrogen and oxygen atoms in total. The summed E-state index contributed by atoms with van der Waals surface area (Å²) in [5, 5.41) is 5.51. The van der Waals surface area contributed by atoms with E-state index >= 15 is 0 Å². The monoisotopic (exact) mass is 633 g/mol. The van der Waals surface area contributed by atoms with Crippen LogP contribution in [0, 0.1) is 0 Å². The number of amides is 1. The number of carbonyl (C=O) groups excluding carboxylic acids is 1. The minimum atomic E-state index is -0.338. The van der Waals surface area contributed by atoms with Gasteiger partial charge >= 0.3 is 0 Å². The van der Waals surface area contributed by atoms with Crippen molar-refractivity contribution in [2.45, 2.75) is 38.1 Å². The minimum Gasteiger partial charge on any atom is -0.359 e. The molecular weight excluding hydrogens is 613 g/mol. The van der Waals surface area contributed by atoms with Crippen LogP contribution in [0.2, 0.25) is 15.2 Å². The molecule has 2 aliphatic rings. The highest BCUT2D eigenvalue weighted by Crippen LogP contribution is 2.45. The molecule has 0 aromatic carbocycles. The third-order valence-corrected chi connectivity index (χ3v) is 10.7. The van der Waals surface area contributed by atoms with E-state index in [0.717, 1.165) is 45.5 Å². The zero-order valence-electron chi connectivity index (χ0n) is 18.7. The zero-order valence-corrected chi connectivity index (χ0v) is 24.2. The van der Waals surface area contributed by atoms with E-state index < -0.39 is 0 Å². The van der Waals surface area contributed by atoms with Gasteiger partial charge in [0, 0.05) is 38.4 Å². The maximum absolute atomic E-state index is 12.9. The molecule has 1 saturated heterocycles. The predicted molar refractivity (Wildman–Crippen MR) is 151 cm³/mol. The van der Waals surface area contributed by atoms with Gasteiger partial charge in [-0.2, -0.15) is 0 Å². The molecule has 0 spiro atoms. The van der Waals surface area contributed by atoms with E-state index in [9.17, 15) is 4.79 Å². The van der Waals surface area contributed by atoms with Gasteiger partial charge in [-0.05, 0) is 40.9 Å². The van der Waals surface area contributed by atoms with Gasteiger partial charge in [0.1, 0.15) is 15.8 Å². The summed E-state index contributed by atoms with van der Waals surface area (Å²) in [6, 6.07) is 4.14. The Bertz CT molecular complexity index is 1200. The molecule has 2 fully saturated rings. The normalized spacial score (nSPS) is 17.7. The fourth-order valence-electron chi connectivity index (χ4n) is 4.65. The average molecular weight is 636 g/mol. The molecule has 0 unspecified atom stereocenters. The van der Waals surface area contributed by atoms with Gasteiger partial charge in [-0.3, -0.25) is 15.0 Å². The van der Waals surface area contributed by atoms with E-state index in [1.165, 1.54) is 67.0 Å². The van der Waals surface area contributed by atoms with Crippen LogP contribution < -0.4 is 10.2 Å². The molecule has 1 aliphatic carbocycles. The molecule has 0 bridgehead atoms. The Balaban J connectivity index is 1.38. The lowest BCUT2D eigenvalue weighted by Gasteiger charge is -2.41. The molecule has 0 atom stereocenters. The van der Waals surface area contributed by atoms with Crippen molar-refractivity contribution in [2.75, 3.05) is 36.4 Å². The molecule has 5 rings (SSSR count). The Hall–Kier alpha value is -0.940. The lowest BCUT2D eigenvalue weighted by atomic mass is 9.94. The van der Waals surface area contributed by atoms with E-state index in [0.29, 0.717) is 21.8 Å². The number of anilines is 2. The molecule has 3 aromatic rings. The smallest absolute Gasteiger partial charge is 0.259 e. The van der Waals surface area contributed by atoms with Crippen molar-refractivity contribution in [3.05, 3.63) is 42.9 Å². The molecule has 0 radical (unpaired) electrons. The number of hydrogen-bond donors (Lipinski definition) is 1. The summed E-state index contributed by atoms with van der Waals surface area (Å²) in [7, 11) is 0. The number of piperazine rings is 1.